The van der Waals surface area contributed by atoms with Gasteiger partial charge in [-0.15, -0.1) is 0 Å². The Balaban J connectivity index is 1.73. The number of aliphatic hydroxyl groups excluding tert-OH is 3. The van der Waals surface area contributed by atoms with Crippen molar-refractivity contribution in [3.8, 4) is 0 Å². The Bertz CT molecular complexity index is 688. The lowest BCUT2D eigenvalue weighted by Gasteiger charge is -2.63. The number of aliphatic hydroxyl groups is 3. The van der Waals surface area contributed by atoms with E-state index in [9.17, 15) is 20.1 Å². The zero-order valence-corrected chi connectivity index (χ0v) is 15.4. The van der Waals surface area contributed by atoms with Gasteiger partial charge in [0, 0.05) is 17.3 Å². The molecule has 2 heterocycles. The van der Waals surface area contributed by atoms with Gasteiger partial charge in [0.1, 0.15) is 11.5 Å². The first-order valence-electron chi connectivity index (χ1n) is 9.72. The Morgan fingerprint density at radius 2 is 1.92 bits per heavy atom. The molecule has 6 heteroatoms. The summed E-state index contributed by atoms with van der Waals surface area (Å²) in [6.45, 7) is 8.48. The second-order valence-electron chi connectivity index (χ2n) is 9.91. The fraction of sp³-hybridized carbons (Fsp3) is 0.850. The van der Waals surface area contributed by atoms with Crippen LogP contribution >= 0.6 is 0 Å². The van der Waals surface area contributed by atoms with E-state index in [0.29, 0.717) is 24.8 Å². The Labute approximate surface area is 153 Å². The smallest absolute Gasteiger partial charge is 0.315 e. The molecule has 5 rings (SSSR count). The maximum Gasteiger partial charge on any atom is 0.315 e. The third-order valence-corrected chi connectivity index (χ3v) is 8.48. The van der Waals surface area contributed by atoms with Crippen LogP contribution in [0.1, 0.15) is 39.5 Å². The van der Waals surface area contributed by atoms with Crippen LogP contribution in [0.25, 0.3) is 0 Å². The van der Waals surface area contributed by atoms with Crippen LogP contribution in [0.5, 0.6) is 0 Å². The lowest BCUT2D eigenvalue weighted by molar-refractivity contribution is -0.264. The molecule has 0 radical (unpaired) electrons. The summed E-state index contributed by atoms with van der Waals surface area (Å²) in [4.78, 5) is 13.2. The molecule has 5 fully saturated rings. The van der Waals surface area contributed by atoms with E-state index in [1.807, 2.05) is 0 Å². The van der Waals surface area contributed by atoms with Gasteiger partial charge in [0.25, 0.3) is 0 Å². The van der Waals surface area contributed by atoms with Crippen LogP contribution in [0.4, 0.5) is 0 Å². The molecule has 0 amide bonds. The highest BCUT2D eigenvalue weighted by molar-refractivity contribution is 5.82. The van der Waals surface area contributed by atoms with E-state index in [4.69, 9.17) is 9.47 Å². The quantitative estimate of drug-likeness (QED) is 0.438. The normalized spacial score (nSPS) is 57.2. The third kappa shape index (κ3) is 1.66. The first-order chi connectivity index (χ1) is 12.2. The van der Waals surface area contributed by atoms with E-state index in [1.54, 1.807) is 0 Å². The van der Waals surface area contributed by atoms with E-state index >= 15 is 0 Å². The summed E-state index contributed by atoms with van der Waals surface area (Å²) in [6.07, 6.45) is -0.652. The van der Waals surface area contributed by atoms with Gasteiger partial charge in [-0.05, 0) is 42.6 Å². The number of fused-ring (bicyclic) bond motifs is 1. The zero-order chi connectivity index (χ0) is 18.6. The molecule has 5 aliphatic rings. The van der Waals surface area contributed by atoms with Gasteiger partial charge in [-0.2, -0.15) is 0 Å². The summed E-state index contributed by atoms with van der Waals surface area (Å²) >= 11 is 0. The van der Waals surface area contributed by atoms with Gasteiger partial charge in [0.15, 0.2) is 6.29 Å². The maximum absolute atomic E-state index is 13.2. The van der Waals surface area contributed by atoms with Crippen LogP contribution in [0.3, 0.4) is 0 Å². The molecular weight excluding hydrogens is 336 g/mol. The molecule has 3 aliphatic carbocycles. The van der Waals surface area contributed by atoms with Crippen molar-refractivity contribution in [2.24, 2.45) is 34.0 Å². The molecule has 26 heavy (non-hydrogen) atoms. The fourth-order valence-corrected chi connectivity index (χ4v) is 7.57. The summed E-state index contributed by atoms with van der Waals surface area (Å²) in [6, 6.07) is 0. The molecule has 2 aliphatic heterocycles. The second kappa shape index (κ2) is 4.90. The standard InChI is InChI=1S/C20H28O6/c1-9-10-6-11(21)13-19(7-10,15(9)22)17(24)26-12-4-5-18(2,3)14-16(23)25-8-20(12,13)14/h10-16,21-23H,1,4-8H2,2-3H3/t10-,11+,12+,13-,14-,15+,16-,19+,20+/m1/s1. The highest BCUT2D eigenvalue weighted by atomic mass is 16.6. The van der Waals surface area contributed by atoms with Crippen molar-refractivity contribution in [2.45, 2.75) is 64.1 Å². The molecule has 2 saturated heterocycles. The average Bonchev–Trinajstić information content (AvgIpc) is 3.01. The summed E-state index contributed by atoms with van der Waals surface area (Å²) in [5.41, 5.74) is -1.43. The number of carbonyl (C=O) groups is 1. The van der Waals surface area contributed by atoms with E-state index < -0.39 is 47.3 Å². The molecule has 9 atom stereocenters. The van der Waals surface area contributed by atoms with E-state index in [0.717, 1.165) is 6.42 Å². The molecule has 3 saturated carbocycles. The van der Waals surface area contributed by atoms with Gasteiger partial charge in [-0.3, -0.25) is 4.79 Å². The number of ether oxygens (including phenoxy) is 2. The number of hydrogen-bond donors (Lipinski definition) is 3. The number of carbonyl (C=O) groups excluding carboxylic acids is 1. The number of esters is 1. The molecule has 2 bridgehead atoms. The summed E-state index contributed by atoms with van der Waals surface area (Å²) in [5, 5.41) is 32.9. The van der Waals surface area contributed by atoms with E-state index in [2.05, 4.69) is 20.4 Å². The Morgan fingerprint density at radius 3 is 2.65 bits per heavy atom. The van der Waals surface area contributed by atoms with Crippen molar-refractivity contribution >= 4 is 5.97 Å². The molecule has 3 N–H and O–H groups in total. The van der Waals surface area contributed by atoms with Crippen molar-refractivity contribution < 1.29 is 29.6 Å². The van der Waals surface area contributed by atoms with Gasteiger partial charge >= 0.3 is 5.97 Å². The zero-order valence-electron chi connectivity index (χ0n) is 15.4. The molecule has 0 aromatic heterocycles. The van der Waals surface area contributed by atoms with Crippen LogP contribution in [0.15, 0.2) is 12.2 Å². The summed E-state index contributed by atoms with van der Waals surface area (Å²) < 4.78 is 11.7. The molecule has 0 aromatic carbocycles. The number of rotatable bonds is 0. The van der Waals surface area contributed by atoms with Crippen molar-refractivity contribution in [1.82, 2.24) is 0 Å². The predicted octanol–water partition coefficient (Wildman–Crippen LogP) is 0.987. The Hall–Kier alpha value is -0.950. The first kappa shape index (κ1) is 17.2. The maximum atomic E-state index is 13.2. The van der Waals surface area contributed by atoms with Crippen LogP contribution in [-0.4, -0.2) is 52.5 Å². The van der Waals surface area contributed by atoms with Crippen molar-refractivity contribution in [1.29, 1.82) is 0 Å². The van der Waals surface area contributed by atoms with Gasteiger partial charge < -0.3 is 24.8 Å². The third-order valence-electron chi connectivity index (χ3n) is 8.48. The van der Waals surface area contributed by atoms with Crippen LogP contribution in [-0.2, 0) is 14.3 Å². The van der Waals surface area contributed by atoms with E-state index in [1.165, 1.54) is 0 Å². The largest absolute Gasteiger partial charge is 0.461 e. The highest BCUT2D eigenvalue weighted by Gasteiger charge is 2.78. The van der Waals surface area contributed by atoms with Gasteiger partial charge in [0.2, 0.25) is 0 Å². The summed E-state index contributed by atoms with van der Waals surface area (Å²) in [7, 11) is 0. The minimum absolute atomic E-state index is 0.0703. The Morgan fingerprint density at radius 1 is 1.19 bits per heavy atom. The highest BCUT2D eigenvalue weighted by Crippen LogP contribution is 2.71. The van der Waals surface area contributed by atoms with Crippen molar-refractivity contribution in [3.05, 3.63) is 12.2 Å². The Kier molecular flexibility index (Phi) is 3.24. The number of hydrogen-bond acceptors (Lipinski definition) is 6. The van der Waals surface area contributed by atoms with Crippen molar-refractivity contribution in [3.63, 3.8) is 0 Å². The lowest BCUT2D eigenvalue weighted by atomic mass is 9.43. The van der Waals surface area contributed by atoms with Gasteiger partial charge in [-0.1, -0.05) is 20.4 Å². The molecular formula is C20H28O6. The van der Waals surface area contributed by atoms with Crippen LogP contribution < -0.4 is 0 Å². The molecule has 6 nitrogen and oxygen atoms in total. The molecule has 0 aromatic rings. The lowest BCUT2D eigenvalue weighted by Crippen LogP contribution is -2.71. The van der Waals surface area contributed by atoms with E-state index in [-0.39, 0.29) is 23.9 Å². The van der Waals surface area contributed by atoms with Gasteiger partial charge in [-0.25, -0.2) is 0 Å². The molecule has 0 unspecified atom stereocenters. The molecule has 2 spiro atoms. The SMILES string of the molecule is C=C1[C@@H]2C[C@H](O)[C@@H]3[C@](C2)(C(=O)O[C@H]2CCC(C)(C)[C@H]4[C@H](O)OC[C@@]243)[C@H]1O. The topological polar surface area (TPSA) is 96.2 Å². The average molecular weight is 364 g/mol. The van der Waals surface area contributed by atoms with Crippen LogP contribution in [0.2, 0.25) is 0 Å². The second-order valence-corrected chi connectivity index (χ2v) is 9.91. The minimum Gasteiger partial charge on any atom is -0.461 e. The molecule has 144 valence electrons. The van der Waals surface area contributed by atoms with Crippen molar-refractivity contribution in [2.75, 3.05) is 6.61 Å². The first-order valence-corrected chi connectivity index (χ1v) is 9.72. The van der Waals surface area contributed by atoms with Gasteiger partial charge in [0.05, 0.1) is 18.8 Å². The summed E-state index contributed by atoms with van der Waals surface area (Å²) in [5.74, 6) is -1.23. The monoisotopic (exact) mass is 364 g/mol. The predicted molar refractivity (Wildman–Crippen MR) is 90.6 cm³/mol. The fourth-order valence-electron chi connectivity index (χ4n) is 7.57. The minimum atomic E-state index is -1.17. The van der Waals surface area contributed by atoms with Crippen LogP contribution in [0, 0.1) is 34.0 Å².